The zero-order valence-corrected chi connectivity index (χ0v) is 15.1. The maximum atomic E-state index is 12.5. The predicted molar refractivity (Wildman–Crippen MR) is 104 cm³/mol. The van der Waals surface area contributed by atoms with Crippen LogP contribution in [0.2, 0.25) is 0 Å². The molecule has 0 aliphatic carbocycles. The van der Waals surface area contributed by atoms with Crippen LogP contribution in [0.5, 0.6) is 5.75 Å². The second-order valence-corrected chi connectivity index (χ2v) is 6.76. The lowest BCUT2D eigenvalue weighted by atomic mass is 10.0. The van der Waals surface area contributed by atoms with Crippen LogP contribution >= 0.6 is 15.9 Å². The third kappa shape index (κ3) is 2.51. The van der Waals surface area contributed by atoms with E-state index in [2.05, 4.69) is 20.9 Å². The van der Waals surface area contributed by atoms with Gasteiger partial charge in [-0.05, 0) is 43.3 Å². The number of halogens is 1. The Morgan fingerprint density at radius 3 is 2.84 bits per heavy atom. The molecule has 0 bridgehead atoms. The Morgan fingerprint density at radius 2 is 2.04 bits per heavy atom. The van der Waals surface area contributed by atoms with E-state index in [1.54, 1.807) is 29.3 Å². The van der Waals surface area contributed by atoms with Crippen molar-refractivity contribution in [1.29, 1.82) is 0 Å². The van der Waals surface area contributed by atoms with E-state index in [1.165, 1.54) is 0 Å². The van der Waals surface area contributed by atoms with Crippen molar-refractivity contribution in [3.05, 3.63) is 64.1 Å². The summed E-state index contributed by atoms with van der Waals surface area (Å²) in [5.74, 6) is 0.207. The van der Waals surface area contributed by atoms with Crippen molar-refractivity contribution in [2.45, 2.75) is 6.92 Å². The number of phenols is 1. The van der Waals surface area contributed by atoms with E-state index >= 15 is 0 Å². The lowest BCUT2D eigenvalue weighted by Gasteiger charge is -2.14. The topological polar surface area (TPSA) is 52.9 Å². The number of aromatic hydroxyl groups is 1. The standard InChI is InChI=1S/C20H15BrN2O2/c1-2-23-17-8-7-16(14-4-3-5-15(19(14)17)20(23)25)22-11-12-10-13(21)6-9-18(12)24/h3-11,24H,2H2,1H3. The van der Waals surface area contributed by atoms with Crippen molar-refractivity contribution in [1.82, 2.24) is 0 Å². The number of hydrogen-bond acceptors (Lipinski definition) is 3. The third-order valence-corrected chi connectivity index (χ3v) is 4.90. The Hall–Kier alpha value is -2.66. The minimum atomic E-state index is 0.0360. The first kappa shape index (κ1) is 15.8. The van der Waals surface area contributed by atoms with Gasteiger partial charge in [0, 0.05) is 39.1 Å². The second kappa shape index (κ2) is 6.01. The molecule has 1 aliphatic heterocycles. The zero-order chi connectivity index (χ0) is 17.6. The van der Waals surface area contributed by atoms with Crippen LogP contribution in [0.4, 0.5) is 11.4 Å². The molecule has 124 valence electrons. The smallest absolute Gasteiger partial charge is 0.258 e. The van der Waals surface area contributed by atoms with E-state index in [0.29, 0.717) is 12.1 Å². The Bertz CT molecular complexity index is 1040. The van der Waals surface area contributed by atoms with Gasteiger partial charge < -0.3 is 10.0 Å². The molecule has 0 saturated carbocycles. The van der Waals surface area contributed by atoms with Crippen molar-refractivity contribution >= 4 is 50.2 Å². The average Bonchev–Trinajstić information content (AvgIpc) is 2.90. The molecule has 0 spiro atoms. The lowest BCUT2D eigenvalue weighted by Crippen LogP contribution is -2.25. The lowest BCUT2D eigenvalue weighted by molar-refractivity contribution is 0.0994. The summed E-state index contributed by atoms with van der Waals surface area (Å²) < 4.78 is 0.872. The summed E-state index contributed by atoms with van der Waals surface area (Å²) in [6, 6.07) is 14.8. The highest BCUT2D eigenvalue weighted by molar-refractivity contribution is 9.10. The molecule has 1 aliphatic rings. The summed E-state index contributed by atoms with van der Waals surface area (Å²) in [5, 5.41) is 11.8. The van der Waals surface area contributed by atoms with Crippen LogP contribution in [0.1, 0.15) is 22.8 Å². The summed E-state index contributed by atoms with van der Waals surface area (Å²) in [4.78, 5) is 18.9. The molecule has 5 heteroatoms. The van der Waals surface area contributed by atoms with Gasteiger partial charge in [0.05, 0.1) is 11.4 Å². The zero-order valence-electron chi connectivity index (χ0n) is 13.5. The van der Waals surface area contributed by atoms with Gasteiger partial charge in [-0.1, -0.05) is 28.1 Å². The first-order valence-electron chi connectivity index (χ1n) is 8.00. The van der Waals surface area contributed by atoms with E-state index < -0.39 is 0 Å². The Balaban J connectivity index is 1.86. The summed E-state index contributed by atoms with van der Waals surface area (Å²) >= 11 is 3.39. The molecule has 1 heterocycles. The monoisotopic (exact) mass is 394 g/mol. The number of carbonyl (C=O) groups is 1. The molecule has 1 N–H and O–H groups in total. The molecule has 0 fully saturated rings. The average molecular weight is 395 g/mol. The summed E-state index contributed by atoms with van der Waals surface area (Å²) in [6.07, 6.45) is 1.64. The minimum absolute atomic E-state index is 0.0360. The van der Waals surface area contributed by atoms with Gasteiger partial charge in [0.15, 0.2) is 0 Å². The maximum absolute atomic E-state index is 12.5. The molecule has 0 atom stereocenters. The van der Waals surface area contributed by atoms with Gasteiger partial charge in [0.25, 0.3) is 5.91 Å². The van der Waals surface area contributed by atoms with E-state index in [1.807, 2.05) is 37.3 Å². The molecule has 1 amide bonds. The summed E-state index contributed by atoms with van der Waals surface area (Å²) in [6.45, 7) is 2.61. The van der Waals surface area contributed by atoms with Crippen LogP contribution in [0.3, 0.4) is 0 Å². The SMILES string of the molecule is CCN1C(=O)c2cccc3c(N=Cc4cc(Br)ccc4O)ccc1c23. The van der Waals surface area contributed by atoms with Crippen molar-refractivity contribution in [3.8, 4) is 5.75 Å². The number of rotatable bonds is 3. The van der Waals surface area contributed by atoms with Gasteiger partial charge in [-0.15, -0.1) is 0 Å². The molecule has 0 unspecified atom stereocenters. The molecule has 4 nitrogen and oxygen atoms in total. The number of benzene rings is 3. The fourth-order valence-electron chi connectivity index (χ4n) is 3.23. The molecule has 25 heavy (non-hydrogen) atoms. The van der Waals surface area contributed by atoms with E-state index in [4.69, 9.17) is 0 Å². The van der Waals surface area contributed by atoms with E-state index in [9.17, 15) is 9.90 Å². The molecular formula is C20H15BrN2O2. The number of carbonyl (C=O) groups excluding carboxylic acids is 1. The van der Waals surface area contributed by atoms with Crippen molar-refractivity contribution in [3.63, 3.8) is 0 Å². The largest absolute Gasteiger partial charge is 0.507 e. The van der Waals surface area contributed by atoms with Crippen molar-refractivity contribution < 1.29 is 9.90 Å². The predicted octanol–water partition coefficient (Wildman–Crippen LogP) is 5.04. The molecule has 3 aromatic rings. The number of phenolic OH excluding ortho intramolecular Hbond substituents is 1. The number of hydrogen-bond donors (Lipinski definition) is 1. The van der Waals surface area contributed by atoms with Gasteiger partial charge in [-0.3, -0.25) is 9.79 Å². The Morgan fingerprint density at radius 1 is 1.20 bits per heavy atom. The van der Waals surface area contributed by atoms with Gasteiger partial charge in [-0.2, -0.15) is 0 Å². The number of aliphatic imine (C=N–C) groups is 1. The fourth-order valence-corrected chi connectivity index (χ4v) is 3.60. The van der Waals surface area contributed by atoms with Crippen LogP contribution in [-0.4, -0.2) is 23.8 Å². The Labute approximate surface area is 153 Å². The minimum Gasteiger partial charge on any atom is -0.507 e. The molecule has 4 rings (SSSR count). The fraction of sp³-hybridized carbons (Fsp3) is 0.100. The highest BCUT2D eigenvalue weighted by Crippen LogP contribution is 2.41. The first-order valence-corrected chi connectivity index (χ1v) is 8.79. The van der Waals surface area contributed by atoms with Gasteiger partial charge in [-0.25, -0.2) is 0 Å². The summed E-state index contributed by atoms with van der Waals surface area (Å²) in [7, 11) is 0. The molecule has 3 aromatic carbocycles. The van der Waals surface area contributed by atoms with E-state index in [-0.39, 0.29) is 11.7 Å². The third-order valence-electron chi connectivity index (χ3n) is 4.41. The number of amides is 1. The van der Waals surface area contributed by atoms with Crippen LogP contribution in [0, 0.1) is 0 Å². The number of nitrogens with zero attached hydrogens (tertiary/aromatic N) is 2. The first-order chi connectivity index (χ1) is 12.1. The molecule has 0 radical (unpaired) electrons. The van der Waals surface area contributed by atoms with Crippen LogP contribution in [-0.2, 0) is 0 Å². The molecular weight excluding hydrogens is 380 g/mol. The van der Waals surface area contributed by atoms with Crippen molar-refractivity contribution in [2.24, 2.45) is 4.99 Å². The van der Waals surface area contributed by atoms with Crippen molar-refractivity contribution in [2.75, 3.05) is 11.4 Å². The van der Waals surface area contributed by atoms with Gasteiger partial charge >= 0.3 is 0 Å². The van der Waals surface area contributed by atoms with Gasteiger partial charge in [0.2, 0.25) is 0 Å². The van der Waals surface area contributed by atoms with Crippen LogP contribution in [0.15, 0.2) is 58.0 Å². The normalized spacial score (nSPS) is 13.4. The van der Waals surface area contributed by atoms with Crippen LogP contribution < -0.4 is 4.90 Å². The highest BCUT2D eigenvalue weighted by atomic mass is 79.9. The van der Waals surface area contributed by atoms with Gasteiger partial charge in [0.1, 0.15) is 5.75 Å². The quantitative estimate of drug-likeness (QED) is 0.632. The molecule has 0 aromatic heterocycles. The van der Waals surface area contributed by atoms with Crippen LogP contribution in [0.25, 0.3) is 10.8 Å². The maximum Gasteiger partial charge on any atom is 0.258 e. The number of anilines is 1. The van der Waals surface area contributed by atoms with E-state index in [0.717, 1.165) is 32.2 Å². The molecule has 0 saturated heterocycles. The summed E-state index contributed by atoms with van der Waals surface area (Å²) in [5.41, 5.74) is 3.05. The second-order valence-electron chi connectivity index (χ2n) is 5.84. The Kier molecular flexibility index (Phi) is 3.81. The highest BCUT2D eigenvalue weighted by Gasteiger charge is 2.29.